The molecule has 1 aliphatic heterocycles. The number of nitrogens with one attached hydrogen (secondary N) is 2. The van der Waals surface area contributed by atoms with E-state index in [9.17, 15) is 0 Å². The third-order valence-electron chi connectivity index (χ3n) is 5.93. The van der Waals surface area contributed by atoms with Crippen molar-refractivity contribution in [1.82, 2.24) is 10.3 Å². The van der Waals surface area contributed by atoms with Gasteiger partial charge in [0.2, 0.25) is 0 Å². The Kier molecular flexibility index (Phi) is 4.46. The molecule has 0 fully saturated rings. The van der Waals surface area contributed by atoms with Crippen LogP contribution in [-0.4, -0.2) is 11.5 Å². The summed E-state index contributed by atoms with van der Waals surface area (Å²) < 4.78 is 0. The number of benzene rings is 3. The van der Waals surface area contributed by atoms with Crippen LogP contribution < -0.4 is 5.32 Å². The van der Waals surface area contributed by atoms with Crippen LogP contribution in [0.25, 0.3) is 10.9 Å². The number of H-pyrrole nitrogens is 1. The first-order chi connectivity index (χ1) is 13.7. The van der Waals surface area contributed by atoms with Gasteiger partial charge in [-0.05, 0) is 46.9 Å². The minimum absolute atomic E-state index is 0.144. The van der Waals surface area contributed by atoms with Crippen LogP contribution in [-0.2, 0) is 6.42 Å². The van der Waals surface area contributed by atoms with Gasteiger partial charge in [0.1, 0.15) is 0 Å². The Morgan fingerprint density at radius 3 is 2.36 bits per heavy atom. The molecule has 140 valence electrons. The molecule has 4 aromatic rings. The van der Waals surface area contributed by atoms with Gasteiger partial charge in [0.25, 0.3) is 0 Å². The number of hydrogen-bond acceptors (Lipinski definition) is 1. The molecule has 2 nitrogen and oxygen atoms in total. The van der Waals surface area contributed by atoms with Crippen molar-refractivity contribution in [3.63, 3.8) is 0 Å². The van der Waals surface area contributed by atoms with Gasteiger partial charge in [-0.3, -0.25) is 0 Å². The molecule has 2 N–H and O–H groups in total. The highest BCUT2D eigenvalue weighted by atomic mass is 35.5. The van der Waals surface area contributed by atoms with E-state index < -0.39 is 0 Å². The number of aromatic nitrogens is 1. The van der Waals surface area contributed by atoms with Crippen molar-refractivity contribution >= 4 is 22.5 Å². The van der Waals surface area contributed by atoms with Gasteiger partial charge in [-0.15, -0.1) is 0 Å². The molecule has 3 aromatic carbocycles. The molecule has 3 heteroatoms. The monoisotopic (exact) mass is 386 g/mol. The highest BCUT2D eigenvalue weighted by molar-refractivity contribution is 6.30. The molecular weight excluding hydrogens is 364 g/mol. The third kappa shape index (κ3) is 2.94. The summed E-state index contributed by atoms with van der Waals surface area (Å²) in [7, 11) is 0. The number of hydrogen-bond donors (Lipinski definition) is 2. The first kappa shape index (κ1) is 17.5. The molecule has 0 bridgehead atoms. The SMILES string of the molecule is CCc1ccc(C2CNC(c3ccc(Cl)cc3)c3[nH]c4ccccc4c32)cc1. The number of halogens is 1. The lowest BCUT2D eigenvalue weighted by Gasteiger charge is -2.31. The number of aryl methyl sites for hydroxylation is 1. The van der Waals surface area contributed by atoms with Crippen molar-refractivity contribution in [2.24, 2.45) is 0 Å². The number of fused-ring (bicyclic) bond motifs is 3. The Morgan fingerprint density at radius 2 is 1.61 bits per heavy atom. The van der Waals surface area contributed by atoms with Crippen LogP contribution in [0, 0.1) is 0 Å². The molecule has 5 rings (SSSR count). The molecule has 0 aliphatic carbocycles. The Bertz CT molecular complexity index is 1110. The van der Waals surface area contributed by atoms with Crippen molar-refractivity contribution in [3.05, 3.63) is 106 Å². The molecule has 1 aromatic heterocycles. The van der Waals surface area contributed by atoms with Crippen molar-refractivity contribution < 1.29 is 0 Å². The molecule has 2 atom stereocenters. The predicted octanol–water partition coefficient (Wildman–Crippen LogP) is 6.21. The fourth-order valence-corrected chi connectivity index (χ4v) is 4.56. The first-order valence-corrected chi connectivity index (χ1v) is 10.3. The van der Waals surface area contributed by atoms with E-state index in [1.165, 1.54) is 38.9 Å². The summed E-state index contributed by atoms with van der Waals surface area (Å²) in [5.41, 5.74) is 7.86. The quantitative estimate of drug-likeness (QED) is 0.430. The van der Waals surface area contributed by atoms with E-state index in [0.29, 0.717) is 5.92 Å². The third-order valence-corrected chi connectivity index (χ3v) is 6.19. The summed E-state index contributed by atoms with van der Waals surface area (Å²) in [6, 6.07) is 26.1. The van der Waals surface area contributed by atoms with E-state index in [1.807, 2.05) is 12.1 Å². The molecule has 2 heterocycles. The van der Waals surface area contributed by atoms with E-state index in [-0.39, 0.29) is 6.04 Å². The van der Waals surface area contributed by atoms with Crippen LogP contribution in [0.3, 0.4) is 0 Å². The van der Waals surface area contributed by atoms with Gasteiger partial charge < -0.3 is 10.3 Å². The molecule has 2 unspecified atom stereocenters. The van der Waals surface area contributed by atoms with Crippen LogP contribution in [0.2, 0.25) is 5.02 Å². The largest absolute Gasteiger partial charge is 0.357 e. The van der Waals surface area contributed by atoms with Gasteiger partial charge in [-0.1, -0.05) is 73.1 Å². The molecule has 0 radical (unpaired) electrons. The molecule has 1 aliphatic rings. The Morgan fingerprint density at radius 1 is 0.893 bits per heavy atom. The Hall–Kier alpha value is -2.55. The first-order valence-electron chi connectivity index (χ1n) is 9.92. The smallest absolute Gasteiger partial charge is 0.0732 e. The van der Waals surface area contributed by atoms with Gasteiger partial charge in [0, 0.05) is 34.1 Å². The second-order valence-corrected chi connectivity index (χ2v) is 7.97. The van der Waals surface area contributed by atoms with Crippen molar-refractivity contribution in [2.45, 2.75) is 25.3 Å². The lowest BCUT2D eigenvalue weighted by atomic mass is 9.83. The maximum absolute atomic E-state index is 6.11. The van der Waals surface area contributed by atoms with Crippen LogP contribution in [0.4, 0.5) is 0 Å². The second kappa shape index (κ2) is 7.12. The van der Waals surface area contributed by atoms with Gasteiger partial charge in [0.15, 0.2) is 0 Å². The van der Waals surface area contributed by atoms with Crippen molar-refractivity contribution in [3.8, 4) is 0 Å². The highest BCUT2D eigenvalue weighted by Crippen LogP contribution is 2.41. The Balaban J connectivity index is 1.66. The van der Waals surface area contributed by atoms with Gasteiger partial charge >= 0.3 is 0 Å². The minimum atomic E-state index is 0.144. The van der Waals surface area contributed by atoms with E-state index in [0.717, 1.165) is 18.0 Å². The van der Waals surface area contributed by atoms with Crippen LogP contribution in [0.5, 0.6) is 0 Å². The van der Waals surface area contributed by atoms with Gasteiger partial charge in [0.05, 0.1) is 6.04 Å². The van der Waals surface area contributed by atoms with Gasteiger partial charge in [-0.2, -0.15) is 0 Å². The molecular formula is C25H23ClN2. The fraction of sp³-hybridized carbons (Fsp3) is 0.200. The summed E-state index contributed by atoms with van der Waals surface area (Å²) in [4.78, 5) is 3.71. The standard InChI is InChI=1S/C25H23ClN2/c1-2-16-7-9-17(10-8-16)21-15-27-24(18-11-13-19(26)14-12-18)25-23(21)20-5-3-4-6-22(20)28-25/h3-14,21,24,27-28H,2,15H2,1H3. The summed E-state index contributed by atoms with van der Waals surface area (Å²) >= 11 is 6.11. The zero-order valence-corrected chi connectivity index (χ0v) is 16.6. The fourth-order valence-electron chi connectivity index (χ4n) is 4.44. The van der Waals surface area contributed by atoms with E-state index in [4.69, 9.17) is 11.6 Å². The zero-order chi connectivity index (χ0) is 19.1. The van der Waals surface area contributed by atoms with E-state index >= 15 is 0 Å². The van der Waals surface area contributed by atoms with E-state index in [2.05, 4.69) is 77.9 Å². The topological polar surface area (TPSA) is 27.8 Å². The van der Waals surface area contributed by atoms with E-state index in [1.54, 1.807) is 0 Å². The normalized spacial score (nSPS) is 18.9. The summed E-state index contributed by atoms with van der Waals surface area (Å²) in [5, 5.41) is 5.87. The molecule has 28 heavy (non-hydrogen) atoms. The number of aromatic amines is 1. The zero-order valence-electron chi connectivity index (χ0n) is 15.9. The number of para-hydroxylation sites is 1. The summed E-state index contributed by atoms with van der Waals surface area (Å²) in [6.07, 6.45) is 1.07. The molecule has 0 spiro atoms. The lowest BCUT2D eigenvalue weighted by molar-refractivity contribution is 0.525. The summed E-state index contributed by atoms with van der Waals surface area (Å²) in [6.45, 7) is 3.11. The highest BCUT2D eigenvalue weighted by Gasteiger charge is 2.32. The van der Waals surface area contributed by atoms with Crippen molar-refractivity contribution in [1.29, 1.82) is 0 Å². The summed E-state index contributed by atoms with van der Waals surface area (Å²) in [5.74, 6) is 0.334. The number of rotatable bonds is 3. The van der Waals surface area contributed by atoms with Crippen LogP contribution in [0.15, 0.2) is 72.8 Å². The average Bonchev–Trinajstić information content (AvgIpc) is 3.14. The molecule has 0 amide bonds. The lowest BCUT2D eigenvalue weighted by Crippen LogP contribution is -2.34. The predicted molar refractivity (Wildman–Crippen MR) is 117 cm³/mol. The Labute approximate surface area is 170 Å². The maximum Gasteiger partial charge on any atom is 0.0732 e. The molecule has 0 saturated carbocycles. The van der Waals surface area contributed by atoms with Crippen LogP contribution in [0.1, 0.15) is 46.8 Å². The average molecular weight is 387 g/mol. The van der Waals surface area contributed by atoms with Gasteiger partial charge in [-0.25, -0.2) is 0 Å². The minimum Gasteiger partial charge on any atom is -0.357 e. The van der Waals surface area contributed by atoms with Crippen LogP contribution >= 0.6 is 11.6 Å². The van der Waals surface area contributed by atoms with Crippen molar-refractivity contribution in [2.75, 3.05) is 6.54 Å². The second-order valence-electron chi connectivity index (χ2n) is 7.54. The molecule has 0 saturated heterocycles. The maximum atomic E-state index is 6.11.